The summed E-state index contributed by atoms with van der Waals surface area (Å²) in [6.45, 7) is 0. The van der Waals surface area contributed by atoms with E-state index in [9.17, 15) is 30.7 Å². The van der Waals surface area contributed by atoms with Gasteiger partial charge in [0.25, 0.3) is 0 Å². The van der Waals surface area contributed by atoms with E-state index in [2.05, 4.69) is 4.98 Å². The lowest BCUT2D eigenvalue weighted by Gasteiger charge is -2.13. The quantitative estimate of drug-likeness (QED) is 0.681. The van der Waals surface area contributed by atoms with Crippen LogP contribution in [0.4, 0.5) is 30.7 Å². The van der Waals surface area contributed by atoms with Gasteiger partial charge in [-0.15, -0.1) is 0 Å². The van der Waals surface area contributed by atoms with Crippen LogP contribution >= 0.6 is 0 Å². The zero-order valence-corrected chi connectivity index (χ0v) is 10.1. The number of aromatic nitrogens is 1. The third-order valence-corrected chi connectivity index (χ3v) is 2.59. The van der Waals surface area contributed by atoms with Crippen molar-refractivity contribution < 1.29 is 30.7 Å². The van der Waals surface area contributed by atoms with Crippen molar-refractivity contribution in [1.82, 2.24) is 4.98 Å². The van der Waals surface area contributed by atoms with Gasteiger partial charge in [-0.25, -0.2) is 9.37 Å². The first-order chi connectivity index (χ1) is 9.59. The van der Waals surface area contributed by atoms with Gasteiger partial charge >= 0.3 is 12.4 Å². The van der Waals surface area contributed by atoms with Gasteiger partial charge < -0.3 is 0 Å². The number of halogens is 7. The average Bonchev–Trinajstić information content (AvgIpc) is 2.36. The van der Waals surface area contributed by atoms with E-state index >= 15 is 0 Å². The van der Waals surface area contributed by atoms with Gasteiger partial charge in [-0.2, -0.15) is 26.3 Å². The molecule has 1 nitrogen and oxygen atoms in total. The van der Waals surface area contributed by atoms with Gasteiger partial charge in [-0.1, -0.05) is 18.2 Å². The van der Waals surface area contributed by atoms with Crippen LogP contribution in [0.1, 0.15) is 11.3 Å². The Kier molecular flexibility index (Phi) is 3.65. The van der Waals surface area contributed by atoms with E-state index < -0.39 is 40.7 Å². The summed E-state index contributed by atoms with van der Waals surface area (Å²) in [6.07, 6.45) is -9.74. The lowest BCUT2D eigenvalue weighted by Crippen LogP contribution is -2.11. The van der Waals surface area contributed by atoms with Crippen LogP contribution in [0.5, 0.6) is 0 Å². The standard InChI is InChI=1S/C13H6F7N/c14-7-5-10(21-11(6-7)13(18,19)20)8-3-1-2-4-9(8)12(15,16)17/h1-6H. The van der Waals surface area contributed by atoms with Crippen LogP contribution in [0.3, 0.4) is 0 Å². The molecule has 0 aliphatic rings. The molecular weight excluding hydrogens is 303 g/mol. The Labute approximate surface area is 114 Å². The van der Waals surface area contributed by atoms with Gasteiger partial charge in [0, 0.05) is 17.7 Å². The number of hydrogen-bond acceptors (Lipinski definition) is 1. The summed E-state index contributed by atoms with van der Waals surface area (Å²) in [5, 5.41) is 0. The second-order valence-electron chi connectivity index (χ2n) is 4.10. The number of nitrogens with zero attached hydrogens (tertiary/aromatic N) is 1. The minimum Gasteiger partial charge on any atom is -0.243 e. The molecule has 0 spiro atoms. The van der Waals surface area contributed by atoms with E-state index in [-0.39, 0.29) is 6.07 Å². The van der Waals surface area contributed by atoms with Crippen LogP contribution in [0.2, 0.25) is 0 Å². The summed E-state index contributed by atoms with van der Waals surface area (Å²) in [5.74, 6) is -1.32. The Morgan fingerprint density at radius 2 is 1.43 bits per heavy atom. The summed E-state index contributed by atoms with van der Waals surface area (Å²) < 4.78 is 89.4. The third-order valence-electron chi connectivity index (χ3n) is 2.59. The van der Waals surface area contributed by atoms with Crippen molar-refractivity contribution in [2.24, 2.45) is 0 Å². The smallest absolute Gasteiger partial charge is 0.243 e. The highest BCUT2D eigenvalue weighted by molar-refractivity contribution is 5.64. The molecule has 2 aromatic rings. The van der Waals surface area contributed by atoms with Gasteiger partial charge in [0.15, 0.2) is 0 Å². The van der Waals surface area contributed by atoms with Crippen molar-refractivity contribution in [1.29, 1.82) is 0 Å². The van der Waals surface area contributed by atoms with Crippen molar-refractivity contribution in [2.45, 2.75) is 12.4 Å². The number of pyridine rings is 1. The second-order valence-corrected chi connectivity index (χ2v) is 4.10. The monoisotopic (exact) mass is 309 g/mol. The van der Waals surface area contributed by atoms with Gasteiger partial charge in [0.1, 0.15) is 11.5 Å². The van der Waals surface area contributed by atoms with E-state index in [1.54, 1.807) is 0 Å². The molecule has 0 atom stereocenters. The fraction of sp³-hybridized carbons (Fsp3) is 0.154. The summed E-state index contributed by atoms with van der Waals surface area (Å²) in [4.78, 5) is 3.08. The fourth-order valence-corrected chi connectivity index (χ4v) is 1.73. The molecule has 0 aliphatic heterocycles. The average molecular weight is 309 g/mol. The normalized spacial score (nSPS) is 12.5. The Morgan fingerprint density at radius 3 is 2.00 bits per heavy atom. The van der Waals surface area contributed by atoms with Crippen LogP contribution in [-0.4, -0.2) is 4.98 Å². The second kappa shape index (κ2) is 5.01. The van der Waals surface area contributed by atoms with E-state index in [0.29, 0.717) is 12.1 Å². The van der Waals surface area contributed by atoms with Gasteiger partial charge in [-0.05, 0) is 6.07 Å². The van der Waals surface area contributed by atoms with Crippen LogP contribution in [-0.2, 0) is 12.4 Å². The molecule has 1 aromatic heterocycles. The van der Waals surface area contributed by atoms with Crippen LogP contribution in [0.15, 0.2) is 36.4 Å². The zero-order chi connectivity index (χ0) is 15.8. The molecule has 8 heteroatoms. The minimum atomic E-state index is -4.95. The first-order valence-electron chi connectivity index (χ1n) is 5.50. The summed E-state index contributed by atoms with van der Waals surface area (Å²) in [7, 11) is 0. The first-order valence-corrected chi connectivity index (χ1v) is 5.50. The highest BCUT2D eigenvalue weighted by Crippen LogP contribution is 2.37. The van der Waals surface area contributed by atoms with Gasteiger partial charge in [-0.3, -0.25) is 0 Å². The first kappa shape index (κ1) is 15.3. The molecule has 0 unspecified atom stereocenters. The molecule has 0 amide bonds. The van der Waals surface area contributed by atoms with Crippen molar-refractivity contribution in [3.8, 4) is 11.3 Å². The Bertz CT molecular complexity index is 658. The van der Waals surface area contributed by atoms with Crippen molar-refractivity contribution >= 4 is 0 Å². The number of alkyl halides is 6. The lowest BCUT2D eigenvalue weighted by atomic mass is 10.0. The molecule has 2 rings (SSSR count). The zero-order valence-electron chi connectivity index (χ0n) is 10.1. The molecule has 0 radical (unpaired) electrons. The Balaban J connectivity index is 2.66. The molecule has 0 N–H and O–H groups in total. The molecule has 21 heavy (non-hydrogen) atoms. The number of benzene rings is 1. The topological polar surface area (TPSA) is 12.9 Å². The van der Waals surface area contributed by atoms with Crippen molar-refractivity contribution in [3.05, 3.63) is 53.5 Å². The number of hydrogen-bond donors (Lipinski definition) is 0. The van der Waals surface area contributed by atoms with Gasteiger partial charge in [0.05, 0.1) is 11.3 Å². The third kappa shape index (κ3) is 3.32. The summed E-state index contributed by atoms with van der Waals surface area (Å²) in [6, 6.07) is 4.56. The highest BCUT2D eigenvalue weighted by atomic mass is 19.4. The summed E-state index contributed by atoms with van der Waals surface area (Å²) in [5.41, 5.74) is -4.11. The maximum atomic E-state index is 13.3. The molecule has 0 bridgehead atoms. The molecule has 112 valence electrons. The predicted octanol–water partition coefficient (Wildman–Crippen LogP) is 4.93. The van der Waals surface area contributed by atoms with E-state index in [4.69, 9.17) is 0 Å². The molecule has 0 saturated carbocycles. The van der Waals surface area contributed by atoms with E-state index in [0.717, 1.165) is 12.1 Å². The Hall–Kier alpha value is -2.12. The fourth-order valence-electron chi connectivity index (χ4n) is 1.73. The van der Waals surface area contributed by atoms with Crippen LogP contribution < -0.4 is 0 Å². The maximum Gasteiger partial charge on any atom is 0.433 e. The minimum absolute atomic E-state index is 0.125. The lowest BCUT2D eigenvalue weighted by molar-refractivity contribution is -0.141. The number of rotatable bonds is 1. The van der Waals surface area contributed by atoms with Crippen LogP contribution in [0.25, 0.3) is 11.3 Å². The van der Waals surface area contributed by atoms with Gasteiger partial charge in [0.2, 0.25) is 0 Å². The highest BCUT2D eigenvalue weighted by Gasteiger charge is 2.36. The molecule has 0 saturated heterocycles. The predicted molar refractivity (Wildman–Crippen MR) is 59.6 cm³/mol. The van der Waals surface area contributed by atoms with Crippen molar-refractivity contribution in [2.75, 3.05) is 0 Å². The molecule has 0 aliphatic carbocycles. The van der Waals surface area contributed by atoms with Crippen LogP contribution in [0, 0.1) is 5.82 Å². The Morgan fingerprint density at radius 1 is 0.810 bits per heavy atom. The van der Waals surface area contributed by atoms with E-state index in [1.807, 2.05) is 0 Å². The molecule has 1 aromatic carbocycles. The SMILES string of the molecule is Fc1cc(-c2ccccc2C(F)(F)F)nc(C(F)(F)F)c1. The van der Waals surface area contributed by atoms with E-state index in [1.165, 1.54) is 6.07 Å². The largest absolute Gasteiger partial charge is 0.433 e. The van der Waals surface area contributed by atoms with Crippen molar-refractivity contribution in [3.63, 3.8) is 0 Å². The molecular formula is C13H6F7N. The summed E-state index contributed by atoms with van der Waals surface area (Å²) >= 11 is 0. The maximum absolute atomic E-state index is 13.3. The molecule has 1 heterocycles. The molecule has 0 fully saturated rings.